The Labute approximate surface area is 127 Å². The topological polar surface area (TPSA) is 49.4 Å². The first-order valence-corrected chi connectivity index (χ1v) is 9.63. The van der Waals surface area contributed by atoms with Crippen LogP contribution in [-0.4, -0.2) is 38.6 Å². The lowest BCUT2D eigenvalue weighted by atomic mass is 10.0. The van der Waals surface area contributed by atoms with Gasteiger partial charge in [-0.05, 0) is 64.8 Å². The zero-order valence-electron chi connectivity index (χ0n) is 10.9. The van der Waals surface area contributed by atoms with Crippen molar-refractivity contribution in [2.45, 2.75) is 19.4 Å². The third kappa shape index (κ3) is 4.53. The van der Waals surface area contributed by atoms with Gasteiger partial charge in [-0.3, -0.25) is 0 Å². The summed E-state index contributed by atoms with van der Waals surface area (Å²) in [5.41, 5.74) is 1.03. The minimum Gasteiger partial charge on any atom is -0.316 e. The Hall–Kier alpha value is 0.0500. The molecule has 4 nitrogen and oxygen atoms in total. The van der Waals surface area contributed by atoms with E-state index in [1.165, 1.54) is 4.31 Å². The summed E-state index contributed by atoms with van der Waals surface area (Å²) in [4.78, 5) is 0. The number of halogens is 1. The maximum Gasteiger partial charge on any atom is 0.214 e. The van der Waals surface area contributed by atoms with Crippen LogP contribution in [0.3, 0.4) is 0 Å². The summed E-state index contributed by atoms with van der Waals surface area (Å²) in [7, 11) is -1.50. The average molecular weight is 367 g/mol. The monoisotopic (exact) mass is 366 g/mol. The lowest BCUT2D eigenvalue weighted by molar-refractivity contribution is 0.391. The van der Waals surface area contributed by atoms with E-state index in [0.29, 0.717) is 6.54 Å². The Balaban J connectivity index is 1.94. The van der Waals surface area contributed by atoms with Gasteiger partial charge in [0.25, 0.3) is 0 Å². The number of piperidine rings is 1. The molecule has 108 valence electrons. The lowest BCUT2D eigenvalue weighted by Gasteiger charge is -2.25. The molecular weight excluding hydrogens is 348 g/mol. The molecule has 0 spiro atoms. The van der Waals surface area contributed by atoms with E-state index >= 15 is 0 Å². The van der Waals surface area contributed by atoms with Crippen molar-refractivity contribution in [2.75, 3.05) is 25.9 Å². The highest BCUT2D eigenvalue weighted by Crippen LogP contribution is 2.23. The molecule has 0 radical (unpaired) electrons. The van der Waals surface area contributed by atoms with E-state index in [1.807, 2.05) is 11.4 Å². The van der Waals surface area contributed by atoms with Crippen molar-refractivity contribution in [2.24, 2.45) is 5.92 Å². The van der Waals surface area contributed by atoms with Crippen molar-refractivity contribution in [3.8, 4) is 0 Å². The van der Waals surface area contributed by atoms with Gasteiger partial charge in [-0.2, -0.15) is 0 Å². The maximum atomic E-state index is 12.3. The quantitative estimate of drug-likeness (QED) is 0.869. The zero-order chi connectivity index (χ0) is 13.9. The fourth-order valence-electron chi connectivity index (χ4n) is 2.28. The Morgan fingerprint density at radius 3 is 2.95 bits per heavy atom. The molecule has 1 N–H and O–H groups in total. The third-order valence-corrected chi connectivity index (χ3v) is 6.87. The minimum absolute atomic E-state index is 0.246. The highest BCUT2D eigenvalue weighted by Gasteiger charge is 2.25. The first kappa shape index (κ1) is 15.4. The summed E-state index contributed by atoms with van der Waals surface area (Å²) in [6.45, 7) is 2.27. The van der Waals surface area contributed by atoms with Crippen LogP contribution >= 0.6 is 27.3 Å². The Bertz CT molecular complexity index is 510. The molecule has 2 heterocycles. The molecule has 1 aromatic rings. The van der Waals surface area contributed by atoms with Crippen LogP contribution in [0.15, 0.2) is 15.2 Å². The standard InChI is InChI=1S/C12H19BrN2O2S2/c1-15(7-11-5-12(13)18-8-11)19(16,17)9-10-3-2-4-14-6-10/h5,8,10,14H,2-4,6-7,9H2,1H3. The van der Waals surface area contributed by atoms with Crippen LogP contribution in [0.1, 0.15) is 18.4 Å². The molecule has 7 heteroatoms. The predicted octanol–water partition coefficient (Wildman–Crippen LogP) is 2.27. The summed E-state index contributed by atoms with van der Waals surface area (Å²) in [5, 5.41) is 5.25. The number of hydrogen-bond acceptors (Lipinski definition) is 4. The van der Waals surface area contributed by atoms with Crippen LogP contribution in [-0.2, 0) is 16.6 Å². The van der Waals surface area contributed by atoms with Gasteiger partial charge in [0.05, 0.1) is 9.54 Å². The average Bonchev–Trinajstić information content (AvgIpc) is 2.75. The SMILES string of the molecule is CN(Cc1csc(Br)c1)S(=O)(=O)CC1CCCNC1. The highest BCUT2D eigenvalue weighted by atomic mass is 79.9. The molecule has 0 amide bonds. The maximum absolute atomic E-state index is 12.3. The summed E-state index contributed by atoms with van der Waals surface area (Å²) < 4.78 is 27.1. The van der Waals surface area contributed by atoms with Crippen LogP contribution in [0.2, 0.25) is 0 Å². The van der Waals surface area contributed by atoms with Crippen LogP contribution in [0.4, 0.5) is 0 Å². The number of hydrogen-bond donors (Lipinski definition) is 1. The molecule has 2 rings (SSSR count). The molecule has 1 aromatic heterocycles. The van der Waals surface area contributed by atoms with Gasteiger partial charge in [-0.1, -0.05) is 0 Å². The second-order valence-corrected chi connectivity index (χ2v) is 9.42. The molecule has 1 atom stereocenters. The third-order valence-electron chi connectivity index (χ3n) is 3.35. The summed E-state index contributed by atoms with van der Waals surface area (Å²) in [5.74, 6) is 0.498. The molecular formula is C12H19BrN2O2S2. The number of sulfonamides is 1. The van der Waals surface area contributed by atoms with Crippen molar-refractivity contribution in [1.29, 1.82) is 0 Å². The molecule has 19 heavy (non-hydrogen) atoms. The van der Waals surface area contributed by atoms with Crippen molar-refractivity contribution >= 4 is 37.3 Å². The summed E-state index contributed by atoms with van der Waals surface area (Å²) >= 11 is 4.97. The molecule has 1 aliphatic heterocycles. The molecule has 0 aromatic carbocycles. The largest absolute Gasteiger partial charge is 0.316 e. The molecule has 0 bridgehead atoms. The van der Waals surface area contributed by atoms with Gasteiger partial charge in [0, 0.05) is 13.6 Å². The number of rotatable bonds is 5. The number of nitrogens with one attached hydrogen (secondary N) is 1. The Morgan fingerprint density at radius 2 is 2.37 bits per heavy atom. The van der Waals surface area contributed by atoms with E-state index in [-0.39, 0.29) is 11.7 Å². The van der Waals surface area contributed by atoms with Gasteiger partial charge in [-0.15, -0.1) is 11.3 Å². The lowest BCUT2D eigenvalue weighted by Crippen LogP contribution is -2.38. The molecule has 1 aliphatic rings. The second-order valence-electron chi connectivity index (χ2n) is 5.01. The van der Waals surface area contributed by atoms with E-state index < -0.39 is 10.0 Å². The predicted molar refractivity (Wildman–Crippen MR) is 82.9 cm³/mol. The van der Waals surface area contributed by atoms with Crippen LogP contribution < -0.4 is 5.32 Å². The van der Waals surface area contributed by atoms with E-state index in [0.717, 1.165) is 35.3 Å². The normalized spacial score (nSPS) is 20.9. The molecule has 1 fully saturated rings. The van der Waals surface area contributed by atoms with Crippen LogP contribution in [0.5, 0.6) is 0 Å². The molecule has 1 saturated heterocycles. The fraction of sp³-hybridized carbons (Fsp3) is 0.667. The van der Waals surface area contributed by atoms with E-state index in [1.54, 1.807) is 18.4 Å². The smallest absolute Gasteiger partial charge is 0.214 e. The fourth-order valence-corrected chi connectivity index (χ4v) is 4.96. The van der Waals surface area contributed by atoms with Crippen molar-refractivity contribution in [3.05, 3.63) is 20.8 Å². The highest BCUT2D eigenvalue weighted by molar-refractivity contribution is 9.11. The number of thiophene rings is 1. The van der Waals surface area contributed by atoms with Gasteiger partial charge in [0.2, 0.25) is 10.0 Å². The molecule has 1 unspecified atom stereocenters. The van der Waals surface area contributed by atoms with Gasteiger partial charge < -0.3 is 5.32 Å². The van der Waals surface area contributed by atoms with Crippen molar-refractivity contribution in [1.82, 2.24) is 9.62 Å². The summed E-state index contributed by atoms with van der Waals surface area (Å²) in [6.07, 6.45) is 2.07. The first-order valence-electron chi connectivity index (χ1n) is 6.35. The van der Waals surface area contributed by atoms with E-state index in [4.69, 9.17) is 0 Å². The van der Waals surface area contributed by atoms with Crippen LogP contribution in [0.25, 0.3) is 0 Å². The van der Waals surface area contributed by atoms with Gasteiger partial charge in [0.1, 0.15) is 0 Å². The van der Waals surface area contributed by atoms with Crippen LogP contribution in [0, 0.1) is 5.92 Å². The van der Waals surface area contributed by atoms with Gasteiger partial charge in [0.15, 0.2) is 0 Å². The number of nitrogens with zero attached hydrogens (tertiary/aromatic N) is 1. The first-order chi connectivity index (χ1) is 8.97. The molecule has 0 saturated carbocycles. The Morgan fingerprint density at radius 1 is 1.58 bits per heavy atom. The van der Waals surface area contributed by atoms with E-state index in [9.17, 15) is 8.42 Å². The van der Waals surface area contributed by atoms with E-state index in [2.05, 4.69) is 21.2 Å². The minimum atomic E-state index is -3.17. The van der Waals surface area contributed by atoms with Crippen molar-refractivity contribution < 1.29 is 8.42 Å². The summed E-state index contributed by atoms with van der Waals surface area (Å²) in [6, 6.07) is 1.97. The Kier molecular flexibility index (Phi) is 5.42. The zero-order valence-corrected chi connectivity index (χ0v) is 14.2. The van der Waals surface area contributed by atoms with Gasteiger partial charge in [-0.25, -0.2) is 12.7 Å². The van der Waals surface area contributed by atoms with Gasteiger partial charge >= 0.3 is 0 Å². The second kappa shape index (κ2) is 6.67. The molecule has 0 aliphatic carbocycles. The van der Waals surface area contributed by atoms with Crippen molar-refractivity contribution in [3.63, 3.8) is 0 Å².